The number of nitrogens with one attached hydrogen (secondary N) is 1. The molecule has 7 nitrogen and oxygen atoms in total. The summed E-state index contributed by atoms with van der Waals surface area (Å²) < 4.78 is 0. The fourth-order valence-electron chi connectivity index (χ4n) is 1.79. The third kappa shape index (κ3) is 3.53. The molecule has 0 bridgehead atoms. The van der Waals surface area contributed by atoms with Crippen LogP contribution in [0.4, 0.5) is 11.5 Å². The molecule has 21 heavy (non-hydrogen) atoms. The normalized spacial score (nSPS) is 10.1. The minimum Gasteiger partial charge on any atom is -0.478 e. The van der Waals surface area contributed by atoms with Crippen molar-refractivity contribution in [1.29, 1.82) is 0 Å². The van der Waals surface area contributed by atoms with Crippen molar-refractivity contribution in [2.24, 2.45) is 0 Å². The molecule has 0 aliphatic carbocycles. The van der Waals surface area contributed by atoms with Gasteiger partial charge in [-0.15, -0.1) is 0 Å². The molecule has 0 unspecified atom stereocenters. The van der Waals surface area contributed by atoms with E-state index in [-0.39, 0.29) is 11.3 Å². The molecule has 0 saturated carbocycles. The van der Waals surface area contributed by atoms with Gasteiger partial charge in [-0.05, 0) is 30.7 Å². The van der Waals surface area contributed by atoms with Crippen LogP contribution in [0.3, 0.4) is 0 Å². The van der Waals surface area contributed by atoms with Crippen LogP contribution in [-0.4, -0.2) is 21.0 Å². The van der Waals surface area contributed by atoms with Gasteiger partial charge >= 0.3 is 5.97 Å². The number of nitrogens with zero attached hydrogens (tertiary/aromatic N) is 2. The van der Waals surface area contributed by atoms with Crippen molar-refractivity contribution in [2.45, 2.75) is 13.5 Å². The van der Waals surface area contributed by atoms with Crippen molar-refractivity contribution < 1.29 is 14.8 Å². The highest BCUT2D eigenvalue weighted by molar-refractivity contribution is 5.87. The zero-order chi connectivity index (χ0) is 15.4. The zero-order valence-corrected chi connectivity index (χ0v) is 11.2. The molecule has 0 fully saturated rings. The molecular formula is C14H13N3O4. The Kier molecular flexibility index (Phi) is 4.13. The molecule has 0 atom stereocenters. The maximum absolute atomic E-state index is 10.7. The number of aromatic carboxylic acids is 1. The first-order valence-corrected chi connectivity index (χ1v) is 6.14. The lowest BCUT2D eigenvalue weighted by Crippen LogP contribution is -2.03. The van der Waals surface area contributed by atoms with Gasteiger partial charge in [0.05, 0.1) is 10.5 Å². The Labute approximate surface area is 120 Å². The number of carboxylic acid groups (broad SMARTS) is 1. The predicted octanol–water partition coefficient (Wildman–Crippen LogP) is 2.61. The second-order valence-electron chi connectivity index (χ2n) is 4.47. The number of anilines is 1. The molecule has 2 N–H and O–H groups in total. The molecular weight excluding hydrogens is 274 g/mol. The van der Waals surface area contributed by atoms with E-state index >= 15 is 0 Å². The number of benzene rings is 1. The van der Waals surface area contributed by atoms with Crippen LogP contribution in [0.15, 0.2) is 36.5 Å². The van der Waals surface area contributed by atoms with Crippen LogP contribution in [0, 0.1) is 17.0 Å². The summed E-state index contributed by atoms with van der Waals surface area (Å²) in [5, 5.41) is 22.5. The van der Waals surface area contributed by atoms with Crippen LogP contribution in [0.2, 0.25) is 0 Å². The number of hydrogen-bond donors (Lipinski definition) is 2. The Morgan fingerprint density at radius 1 is 1.38 bits per heavy atom. The second kappa shape index (κ2) is 6.00. The van der Waals surface area contributed by atoms with Crippen LogP contribution in [0.25, 0.3) is 0 Å². The van der Waals surface area contributed by atoms with Crippen molar-refractivity contribution in [3.05, 3.63) is 63.3 Å². The highest BCUT2D eigenvalue weighted by Crippen LogP contribution is 2.19. The lowest BCUT2D eigenvalue weighted by molar-refractivity contribution is -0.385. The molecule has 0 saturated heterocycles. The number of aryl methyl sites for hydroxylation is 1. The van der Waals surface area contributed by atoms with E-state index < -0.39 is 10.9 Å². The van der Waals surface area contributed by atoms with E-state index in [0.29, 0.717) is 17.9 Å². The monoisotopic (exact) mass is 287 g/mol. The number of rotatable bonds is 5. The summed E-state index contributed by atoms with van der Waals surface area (Å²) in [5.41, 5.74) is 1.62. The molecule has 2 aromatic rings. The first kappa shape index (κ1) is 14.4. The molecule has 0 spiro atoms. The minimum atomic E-state index is -0.970. The third-order valence-corrected chi connectivity index (χ3v) is 2.95. The molecule has 1 aromatic carbocycles. The molecule has 0 aliphatic heterocycles. The van der Waals surface area contributed by atoms with Gasteiger partial charge in [0.15, 0.2) is 0 Å². The molecule has 0 radical (unpaired) electrons. The summed E-state index contributed by atoms with van der Waals surface area (Å²) in [6.45, 7) is 2.09. The molecule has 7 heteroatoms. The smallest absolute Gasteiger partial charge is 0.335 e. The maximum atomic E-state index is 10.7. The molecule has 1 heterocycles. The van der Waals surface area contributed by atoms with Crippen LogP contribution in [0.1, 0.15) is 21.5 Å². The average Bonchev–Trinajstić information content (AvgIpc) is 2.45. The van der Waals surface area contributed by atoms with Gasteiger partial charge in [0, 0.05) is 12.1 Å². The first-order chi connectivity index (χ1) is 9.97. The Morgan fingerprint density at radius 2 is 2.05 bits per heavy atom. The van der Waals surface area contributed by atoms with E-state index in [0.717, 1.165) is 5.56 Å². The van der Waals surface area contributed by atoms with Crippen LogP contribution in [0.5, 0.6) is 0 Å². The predicted molar refractivity (Wildman–Crippen MR) is 76.4 cm³/mol. The van der Waals surface area contributed by atoms with Gasteiger partial charge in [-0.25, -0.2) is 9.78 Å². The van der Waals surface area contributed by atoms with Crippen molar-refractivity contribution in [2.75, 3.05) is 5.32 Å². The lowest BCUT2D eigenvalue weighted by Gasteiger charge is -2.07. The van der Waals surface area contributed by atoms with Crippen LogP contribution >= 0.6 is 0 Å². The Hall–Kier alpha value is -2.96. The number of hydrogen-bond acceptors (Lipinski definition) is 5. The second-order valence-corrected chi connectivity index (χ2v) is 4.47. The fraction of sp³-hybridized carbons (Fsp3) is 0.143. The van der Waals surface area contributed by atoms with Crippen molar-refractivity contribution in [3.63, 3.8) is 0 Å². The largest absolute Gasteiger partial charge is 0.478 e. The van der Waals surface area contributed by atoms with Crippen molar-refractivity contribution >= 4 is 17.5 Å². The van der Waals surface area contributed by atoms with Crippen LogP contribution < -0.4 is 5.32 Å². The van der Waals surface area contributed by atoms with E-state index in [2.05, 4.69) is 10.3 Å². The Balaban J connectivity index is 2.04. The third-order valence-electron chi connectivity index (χ3n) is 2.95. The number of nitro groups is 1. The maximum Gasteiger partial charge on any atom is 0.335 e. The molecule has 108 valence electrons. The van der Waals surface area contributed by atoms with Gasteiger partial charge < -0.3 is 10.4 Å². The summed E-state index contributed by atoms with van der Waals surface area (Å²) in [5.74, 6) is -0.442. The summed E-state index contributed by atoms with van der Waals surface area (Å²) >= 11 is 0. The summed E-state index contributed by atoms with van der Waals surface area (Å²) in [4.78, 5) is 24.9. The molecule has 0 amide bonds. The van der Waals surface area contributed by atoms with E-state index in [1.54, 1.807) is 25.1 Å². The number of pyridine rings is 1. The molecule has 2 rings (SSSR count). The van der Waals surface area contributed by atoms with Gasteiger partial charge in [-0.3, -0.25) is 10.1 Å². The molecule has 1 aromatic heterocycles. The van der Waals surface area contributed by atoms with Crippen LogP contribution in [-0.2, 0) is 6.54 Å². The highest BCUT2D eigenvalue weighted by Gasteiger charge is 2.11. The summed E-state index contributed by atoms with van der Waals surface area (Å²) in [6.07, 6.45) is 1.21. The minimum absolute atomic E-state index is 0.0219. The summed E-state index contributed by atoms with van der Waals surface area (Å²) in [7, 11) is 0. The van der Waals surface area contributed by atoms with E-state index in [1.165, 1.54) is 18.3 Å². The number of carboxylic acids is 1. The van der Waals surface area contributed by atoms with Gasteiger partial charge in [-0.1, -0.05) is 12.1 Å². The fourth-order valence-corrected chi connectivity index (χ4v) is 1.79. The lowest BCUT2D eigenvalue weighted by atomic mass is 10.1. The van der Waals surface area contributed by atoms with Gasteiger partial charge in [0.1, 0.15) is 12.0 Å². The summed E-state index contributed by atoms with van der Waals surface area (Å²) in [6, 6.07) is 8.05. The van der Waals surface area contributed by atoms with Gasteiger partial charge in [-0.2, -0.15) is 0 Å². The highest BCUT2D eigenvalue weighted by atomic mass is 16.6. The van der Waals surface area contributed by atoms with Gasteiger partial charge in [0.2, 0.25) is 0 Å². The van der Waals surface area contributed by atoms with E-state index in [9.17, 15) is 14.9 Å². The van der Waals surface area contributed by atoms with Gasteiger partial charge in [0.25, 0.3) is 5.69 Å². The quantitative estimate of drug-likeness (QED) is 0.646. The van der Waals surface area contributed by atoms with E-state index in [4.69, 9.17) is 5.11 Å². The Morgan fingerprint density at radius 3 is 2.57 bits per heavy atom. The number of aromatic nitrogens is 1. The van der Waals surface area contributed by atoms with Crippen molar-refractivity contribution in [1.82, 2.24) is 4.98 Å². The topological polar surface area (TPSA) is 105 Å². The number of carbonyl (C=O) groups is 1. The van der Waals surface area contributed by atoms with Crippen molar-refractivity contribution in [3.8, 4) is 0 Å². The Bertz CT molecular complexity index is 683. The molecule has 0 aliphatic rings. The first-order valence-electron chi connectivity index (χ1n) is 6.14. The standard InChI is InChI=1S/C14H13N3O4/c1-9-6-13(16-8-12(9)17(20)21)15-7-10-2-4-11(5-3-10)14(18)19/h2-6,8H,7H2,1H3,(H,15,16)(H,18,19). The average molecular weight is 287 g/mol. The zero-order valence-electron chi connectivity index (χ0n) is 11.2. The van der Waals surface area contributed by atoms with E-state index in [1.807, 2.05) is 0 Å². The SMILES string of the molecule is Cc1cc(NCc2ccc(C(=O)O)cc2)ncc1[N+](=O)[O-].